The summed E-state index contributed by atoms with van der Waals surface area (Å²) in [7, 11) is 0. The number of nitrogens with one attached hydrogen (secondary N) is 1. The number of halogens is 2. The van der Waals surface area contributed by atoms with Gasteiger partial charge in [0.05, 0.1) is 24.8 Å². The van der Waals surface area contributed by atoms with Gasteiger partial charge >= 0.3 is 0 Å². The van der Waals surface area contributed by atoms with Gasteiger partial charge in [0, 0.05) is 12.2 Å². The molecule has 138 valence electrons. The first-order chi connectivity index (χ1) is 12.5. The number of carbonyl (C=O) groups excluding carboxylic acids is 1. The lowest BCUT2D eigenvalue weighted by Gasteiger charge is -2.35. The number of carbonyl (C=O) groups is 1. The van der Waals surface area contributed by atoms with Crippen molar-refractivity contribution in [3.63, 3.8) is 0 Å². The monoisotopic (exact) mass is 361 g/mol. The number of hydrogen-bond donors (Lipinski definition) is 1. The normalized spacial score (nSPS) is 23.0. The number of fused-ring (bicyclic) bond motifs is 1. The Balaban J connectivity index is 1.53. The van der Waals surface area contributed by atoms with Crippen molar-refractivity contribution in [2.24, 2.45) is 0 Å². The van der Waals surface area contributed by atoms with Gasteiger partial charge in [-0.3, -0.25) is 4.79 Å². The molecule has 0 spiro atoms. The van der Waals surface area contributed by atoms with E-state index >= 15 is 0 Å². The molecule has 1 aromatic heterocycles. The van der Waals surface area contributed by atoms with Crippen LogP contribution < -0.4 is 0 Å². The Morgan fingerprint density at radius 1 is 1.35 bits per heavy atom. The number of aromatic amines is 1. The average molecular weight is 361 g/mol. The molecule has 1 amide bonds. The van der Waals surface area contributed by atoms with Crippen LogP contribution in [0.5, 0.6) is 0 Å². The number of ether oxygens (including phenoxy) is 1. The maximum atomic E-state index is 13.5. The highest BCUT2D eigenvalue weighted by molar-refractivity contribution is 5.84. The van der Waals surface area contributed by atoms with Crippen molar-refractivity contribution in [2.75, 3.05) is 19.7 Å². The lowest BCUT2D eigenvalue weighted by Crippen LogP contribution is -2.45. The van der Waals surface area contributed by atoms with Gasteiger partial charge in [0.25, 0.3) is 0 Å². The van der Waals surface area contributed by atoms with E-state index in [-0.39, 0.29) is 11.8 Å². The summed E-state index contributed by atoms with van der Waals surface area (Å²) in [6.45, 7) is 3.09. The van der Waals surface area contributed by atoms with Crippen molar-refractivity contribution in [3.05, 3.63) is 52.6 Å². The van der Waals surface area contributed by atoms with E-state index in [0.717, 1.165) is 48.6 Å². The second-order valence-electron chi connectivity index (χ2n) is 6.95. The molecule has 5 nitrogen and oxygen atoms in total. The van der Waals surface area contributed by atoms with E-state index in [1.165, 1.54) is 6.07 Å². The standard InChI is InChI=1S/C19H21F2N3O2/c1-11-22-16-4-2-3-13(18(16)23-11)19(25)24-7-8-26-17(10-24)12-5-6-14(20)15(21)9-12/h5-6,9,13,17H,2-4,7-8,10H2,1H3,(H,22,23). The summed E-state index contributed by atoms with van der Waals surface area (Å²) in [4.78, 5) is 22.6. The van der Waals surface area contributed by atoms with Crippen LogP contribution in [0.4, 0.5) is 8.78 Å². The highest BCUT2D eigenvalue weighted by Gasteiger charge is 2.35. The van der Waals surface area contributed by atoms with E-state index in [1.807, 2.05) is 6.92 Å². The number of rotatable bonds is 2. The van der Waals surface area contributed by atoms with E-state index in [4.69, 9.17) is 4.74 Å². The van der Waals surface area contributed by atoms with Gasteiger partial charge < -0.3 is 14.6 Å². The number of morpholine rings is 1. The molecule has 26 heavy (non-hydrogen) atoms. The summed E-state index contributed by atoms with van der Waals surface area (Å²) < 4.78 is 32.4. The van der Waals surface area contributed by atoms with Gasteiger partial charge in [-0.05, 0) is 43.9 Å². The molecule has 4 rings (SSSR count). The first kappa shape index (κ1) is 17.1. The fourth-order valence-electron chi connectivity index (χ4n) is 3.88. The summed E-state index contributed by atoms with van der Waals surface area (Å²) in [6.07, 6.45) is 2.19. The Hall–Kier alpha value is -2.28. The lowest BCUT2D eigenvalue weighted by molar-refractivity contribution is -0.141. The summed E-state index contributed by atoms with van der Waals surface area (Å²) in [5.41, 5.74) is 2.45. The third-order valence-corrected chi connectivity index (χ3v) is 5.17. The summed E-state index contributed by atoms with van der Waals surface area (Å²) in [6, 6.07) is 3.74. The molecule has 0 radical (unpaired) electrons. The molecule has 2 aromatic rings. The largest absolute Gasteiger partial charge is 0.370 e. The quantitative estimate of drug-likeness (QED) is 0.895. The second-order valence-corrected chi connectivity index (χ2v) is 6.95. The Labute approximate surface area is 150 Å². The second kappa shape index (κ2) is 6.79. The molecule has 2 unspecified atom stereocenters. The van der Waals surface area contributed by atoms with E-state index < -0.39 is 17.7 Å². The topological polar surface area (TPSA) is 58.2 Å². The molecular formula is C19H21F2N3O2. The summed E-state index contributed by atoms with van der Waals surface area (Å²) >= 11 is 0. The van der Waals surface area contributed by atoms with Crippen molar-refractivity contribution in [1.29, 1.82) is 0 Å². The van der Waals surface area contributed by atoms with Crippen LogP contribution in [0, 0.1) is 18.6 Å². The van der Waals surface area contributed by atoms with Crippen LogP contribution >= 0.6 is 0 Å². The zero-order valence-corrected chi connectivity index (χ0v) is 14.6. The fourth-order valence-corrected chi connectivity index (χ4v) is 3.88. The summed E-state index contributed by atoms with van der Waals surface area (Å²) in [5, 5.41) is 0. The minimum Gasteiger partial charge on any atom is -0.370 e. The SMILES string of the molecule is Cc1nc2c([nH]1)CCCC2C(=O)N1CCOC(c2ccc(F)c(F)c2)C1. The van der Waals surface area contributed by atoms with Crippen molar-refractivity contribution in [2.45, 2.75) is 38.2 Å². The van der Waals surface area contributed by atoms with E-state index in [1.54, 1.807) is 4.90 Å². The van der Waals surface area contributed by atoms with Crippen LogP contribution in [0.3, 0.4) is 0 Å². The Morgan fingerprint density at radius 3 is 3.00 bits per heavy atom. The Kier molecular flexibility index (Phi) is 4.48. The predicted octanol–water partition coefficient (Wildman–Crippen LogP) is 3.02. The van der Waals surface area contributed by atoms with Gasteiger partial charge in [-0.15, -0.1) is 0 Å². The average Bonchev–Trinajstić information content (AvgIpc) is 3.03. The molecular weight excluding hydrogens is 340 g/mol. The van der Waals surface area contributed by atoms with Crippen molar-refractivity contribution < 1.29 is 18.3 Å². The lowest BCUT2D eigenvalue weighted by atomic mass is 9.88. The number of benzene rings is 1. The zero-order valence-electron chi connectivity index (χ0n) is 14.6. The van der Waals surface area contributed by atoms with E-state index in [9.17, 15) is 13.6 Å². The van der Waals surface area contributed by atoms with Crippen LogP contribution in [0.1, 0.15) is 47.6 Å². The minimum atomic E-state index is -0.904. The Bertz CT molecular complexity index is 836. The zero-order chi connectivity index (χ0) is 18.3. The number of hydrogen-bond acceptors (Lipinski definition) is 3. The van der Waals surface area contributed by atoms with Crippen molar-refractivity contribution in [3.8, 4) is 0 Å². The molecule has 1 N–H and O–H groups in total. The van der Waals surface area contributed by atoms with Crippen molar-refractivity contribution in [1.82, 2.24) is 14.9 Å². The first-order valence-electron chi connectivity index (χ1n) is 8.93. The molecule has 0 saturated carbocycles. The van der Waals surface area contributed by atoms with Gasteiger partial charge in [0.1, 0.15) is 11.9 Å². The maximum absolute atomic E-state index is 13.5. The van der Waals surface area contributed by atoms with Crippen LogP contribution in [-0.2, 0) is 16.0 Å². The van der Waals surface area contributed by atoms with E-state index in [2.05, 4.69) is 9.97 Å². The first-order valence-corrected chi connectivity index (χ1v) is 8.93. The number of amides is 1. The highest BCUT2D eigenvalue weighted by Crippen LogP contribution is 2.33. The number of imidazole rings is 1. The molecule has 2 atom stereocenters. The van der Waals surface area contributed by atoms with Crippen LogP contribution in [0.25, 0.3) is 0 Å². The third kappa shape index (κ3) is 3.11. The number of aromatic nitrogens is 2. The fraction of sp³-hybridized carbons (Fsp3) is 0.474. The predicted molar refractivity (Wildman–Crippen MR) is 90.6 cm³/mol. The van der Waals surface area contributed by atoms with Gasteiger partial charge in [-0.25, -0.2) is 13.8 Å². The molecule has 1 aromatic carbocycles. The molecule has 1 fully saturated rings. The number of aryl methyl sites for hydroxylation is 2. The molecule has 1 aliphatic carbocycles. The molecule has 2 aliphatic rings. The van der Waals surface area contributed by atoms with Gasteiger partial charge in [-0.1, -0.05) is 6.07 Å². The highest BCUT2D eigenvalue weighted by atomic mass is 19.2. The van der Waals surface area contributed by atoms with Crippen LogP contribution in [-0.4, -0.2) is 40.5 Å². The van der Waals surface area contributed by atoms with Crippen molar-refractivity contribution >= 4 is 5.91 Å². The third-order valence-electron chi connectivity index (χ3n) is 5.17. The number of nitrogens with zero attached hydrogens (tertiary/aromatic N) is 2. The minimum absolute atomic E-state index is 0.0355. The van der Waals surface area contributed by atoms with Gasteiger partial charge in [-0.2, -0.15) is 0 Å². The van der Waals surface area contributed by atoms with E-state index in [0.29, 0.717) is 25.3 Å². The van der Waals surface area contributed by atoms with Gasteiger partial charge in [0.2, 0.25) is 5.91 Å². The Morgan fingerprint density at radius 2 is 2.19 bits per heavy atom. The van der Waals surface area contributed by atoms with Gasteiger partial charge in [0.15, 0.2) is 11.6 Å². The molecule has 0 bridgehead atoms. The number of H-pyrrole nitrogens is 1. The molecule has 7 heteroatoms. The molecule has 1 saturated heterocycles. The molecule has 1 aliphatic heterocycles. The summed E-state index contributed by atoms with van der Waals surface area (Å²) in [5.74, 6) is -1.17. The smallest absolute Gasteiger partial charge is 0.231 e. The van der Waals surface area contributed by atoms with Crippen LogP contribution in [0.15, 0.2) is 18.2 Å². The maximum Gasteiger partial charge on any atom is 0.231 e. The molecule has 2 heterocycles. The van der Waals surface area contributed by atoms with Crippen LogP contribution in [0.2, 0.25) is 0 Å².